The number of benzene rings is 15. The number of pyridine rings is 1. The van der Waals surface area contributed by atoms with Crippen LogP contribution in [0.15, 0.2) is 365 Å². The minimum Gasteiger partial charge on any atom is -0.455 e. The largest absolute Gasteiger partial charge is 0.455 e. The van der Waals surface area contributed by atoms with E-state index in [1.165, 1.54) is 81.4 Å². The molecular formula is C103H74N4O3S. The van der Waals surface area contributed by atoms with Crippen LogP contribution in [-0.2, 0) is 10.8 Å². The van der Waals surface area contributed by atoms with Crippen LogP contribution in [0.25, 0.3) is 159 Å². The zero-order valence-electron chi connectivity index (χ0n) is 61.6. The number of furan rings is 3. The first-order chi connectivity index (χ1) is 54.5. The van der Waals surface area contributed by atoms with Gasteiger partial charge in [-0.1, -0.05) is 270 Å². The van der Waals surface area contributed by atoms with Gasteiger partial charge in [-0.2, -0.15) is 0 Å². The van der Waals surface area contributed by atoms with Crippen LogP contribution in [0.5, 0.6) is 0 Å². The molecule has 0 fully saturated rings. The summed E-state index contributed by atoms with van der Waals surface area (Å²) in [6.45, 7) is 9.20. The number of allylic oxidation sites excluding steroid dienone is 1. The molecule has 15 aromatic carbocycles. The van der Waals surface area contributed by atoms with Crippen molar-refractivity contribution in [3.63, 3.8) is 0 Å². The van der Waals surface area contributed by atoms with Gasteiger partial charge >= 0.3 is 0 Å². The van der Waals surface area contributed by atoms with E-state index in [-0.39, 0.29) is 10.8 Å². The minimum atomic E-state index is -0.0715. The number of fused-ring (bicyclic) bond motifs is 16. The third-order valence-corrected chi connectivity index (χ3v) is 23.4. The van der Waals surface area contributed by atoms with Crippen molar-refractivity contribution in [2.24, 2.45) is 0 Å². The molecule has 20 aromatic rings. The second-order valence-electron chi connectivity index (χ2n) is 30.0. The van der Waals surface area contributed by atoms with Gasteiger partial charge < -0.3 is 29.2 Å². The van der Waals surface area contributed by atoms with Crippen LogP contribution in [0.2, 0.25) is 0 Å². The lowest BCUT2D eigenvalue weighted by atomic mass is 9.79. The van der Waals surface area contributed by atoms with E-state index >= 15 is 0 Å². The molecule has 0 radical (unpaired) electrons. The van der Waals surface area contributed by atoms with Gasteiger partial charge in [0, 0.05) is 138 Å². The normalized spacial score (nSPS) is 13.0. The van der Waals surface area contributed by atoms with E-state index in [4.69, 9.17) is 13.3 Å². The van der Waals surface area contributed by atoms with Gasteiger partial charge in [0.25, 0.3) is 0 Å². The number of thiophene rings is 1. The maximum atomic E-state index is 6.44. The van der Waals surface area contributed by atoms with Crippen LogP contribution in [0.3, 0.4) is 0 Å². The molecule has 0 spiro atoms. The van der Waals surface area contributed by atoms with Gasteiger partial charge in [0.05, 0.1) is 0 Å². The van der Waals surface area contributed by atoms with E-state index in [0.29, 0.717) is 0 Å². The van der Waals surface area contributed by atoms with Gasteiger partial charge in [-0.25, -0.2) is 0 Å². The molecule has 7 nitrogen and oxygen atoms in total. The molecule has 0 saturated heterocycles. The van der Waals surface area contributed by atoms with Gasteiger partial charge in [-0.15, -0.1) is 11.3 Å². The highest BCUT2D eigenvalue weighted by atomic mass is 32.1. The first-order valence-corrected chi connectivity index (χ1v) is 38.7. The van der Waals surface area contributed by atoms with E-state index in [2.05, 4.69) is 328 Å². The molecule has 0 unspecified atom stereocenters. The van der Waals surface area contributed by atoms with Crippen LogP contribution in [0.4, 0.5) is 34.1 Å². The molecule has 530 valence electrons. The molecule has 3 N–H and O–H groups in total. The Labute approximate surface area is 647 Å². The zero-order chi connectivity index (χ0) is 74.3. The van der Waals surface area contributed by atoms with Crippen molar-refractivity contribution in [2.75, 3.05) is 16.0 Å². The maximum Gasteiger partial charge on any atom is 0.143 e. The highest BCUT2D eigenvalue weighted by Gasteiger charge is 2.37. The van der Waals surface area contributed by atoms with Gasteiger partial charge in [0.2, 0.25) is 0 Å². The predicted octanol–water partition coefficient (Wildman–Crippen LogP) is 29.7. The molecule has 5 heterocycles. The summed E-state index contributed by atoms with van der Waals surface area (Å²) in [5, 5.41) is 20.3. The summed E-state index contributed by atoms with van der Waals surface area (Å²) in [5.74, 6) is 0. The Morgan fingerprint density at radius 2 is 0.775 bits per heavy atom. The summed E-state index contributed by atoms with van der Waals surface area (Å²) < 4.78 is 21.8. The van der Waals surface area contributed by atoms with E-state index in [0.717, 1.165) is 128 Å². The van der Waals surface area contributed by atoms with Crippen molar-refractivity contribution in [1.82, 2.24) is 4.98 Å². The molecule has 0 bridgehead atoms. The smallest absolute Gasteiger partial charge is 0.143 e. The number of nitrogens with zero attached hydrogens (tertiary/aromatic N) is 1. The molecular weight excluding hydrogens is 1370 g/mol. The first-order valence-electron chi connectivity index (χ1n) is 37.8. The topological polar surface area (TPSA) is 88.4 Å². The Hall–Kier alpha value is -13.8. The Bertz CT molecular complexity index is 7040. The highest BCUT2D eigenvalue weighted by Crippen LogP contribution is 2.53. The van der Waals surface area contributed by atoms with Crippen LogP contribution in [0.1, 0.15) is 49.9 Å². The van der Waals surface area contributed by atoms with E-state index < -0.39 is 0 Å². The van der Waals surface area contributed by atoms with E-state index in [1.54, 1.807) is 6.20 Å². The number of nitrogens with one attached hydrogen (secondary N) is 3. The van der Waals surface area contributed by atoms with Crippen LogP contribution in [0, 0.1) is 0 Å². The van der Waals surface area contributed by atoms with Crippen LogP contribution in [-0.4, -0.2) is 4.98 Å². The van der Waals surface area contributed by atoms with Crippen molar-refractivity contribution < 1.29 is 13.3 Å². The molecule has 0 atom stereocenters. The summed E-state index contributed by atoms with van der Waals surface area (Å²) in [5.41, 5.74) is 31.3. The SMILES string of the molecule is CC1(C)C=Cc2cc(Nc3cc(-c4ccc(-c5ccccc5)cc4)c4oc5ccccc5c4c3)ccc21.CC1(C)c2ccccc2-c2cccc(-c3cccc(Nc4cc(-c5cccnc5)c5oc6ccccc6c5c4)c3)c21.c1ccc(Nc2cc(-c3cccc4c3sc3ccccc34)c3oc4ccccc4c3c2)cc1. The predicted molar refractivity (Wildman–Crippen MR) is 468 cm³/mol. The molecule has 0 amide bonds. The average Bonchev–Trinajstić information content (AvgIpc) is 1.60. The van der Waals surface area contributed by atoms with Crippen molar-refractivity contribution in [2.45, 2.75) is 38.5 Å². The third kappa shape index (κ3) is 12.0. The number of hydrogen-bond acceptors (Lipinski definition) is 8. The van der Waals surface area contributed by atoms with Gasteiger partial charge in [0.15, 0.2) is 0 Å². The van der Waals surface area contributed by atoms with Crippen molar-refractivity contribution in [3.05, 3.63) is 374 Å². The quantitative estimate of drug-likeness (QED) is 0.119. The fourth-order valence-corrected chi connectivity index (χ4v) is 18.1. The number of rotatable bonds is 11. The zero-order valence-corrected chi connectivity index (χ0v) is 62.5. The fourth-order valence-electron chi connectivity index (χ4n) is 16.9. The van der Waals surface area contributed by atoms with E-state index in [1.807, 2.05) is 84.3 Å². The minimum absolute atomic E-state index is 0.0715. The first kappa shape index (κ1) is 66.6. The molecule has 2 aliphatic rings. The molecule has 111 heavy (non-hydrogen) atoms. The maximum absolute atomic E-state index is 6.44. The summed E-state index contributed by atoms with van der Waals surface area (Å²) in [6, 6.07) is 118. The standard InChI is InChI=1S/C38H28N2O.C35H27NO.C30H19NOS/c1-38(2)34-17-5-3-13-29(34)31-16-8-15-28(36(31)38)24-10-7-12-26(20-24)40-27-21-32(25-11-9-19-39-23-25)37-33(22-27)30-14-4-6-18-35(30)41-37;1-35(2)19-18-26-20-27(16-17-32(26)35)36-28-21-30(34-31(22-28)29-10-6-7-11-33(29)37-34)25-14-12-24(13-15-25)23-8-4-3-5-9-23;1-2-9-19(10-3-1)31-20-17-25-21-11-4-6-15-27(21)32-29(25)26(18-20)24-14-8-13-23-22-12-5-7-16-28(22)33-30(23)24/h3-23,40H,1-2H3;3-22,36H,1-2H3;1-18,31H. The summed E-state index contributed by atoms with van der Waals surface area (Å²) >= 11 is 1.85. The molecule has 22 rings (SSSR count). The molecule has 2 aliphatic carbocycles. The lowest BCUT2D eigenvalue weighted by Gasteiger charge is -2.24. The Morgan fingerprint density at radius 1 is 0.297 bits per heavy atom. The molecule has 5 aromatic heterocycles. The van der Waals surface area contributed by atoms with Crippen molar-refractivity contribution in [3.8, 4) is 66.8 Å². The molecule has 8 heteroatoms. The van der Waals surface area contributed by atoms with Crippen molar-refractivity contribution >= 4 is 138 Å². The monoisotopic (exact) mass is 1450 g/mol. The third-order valence-electron chi connectivity index (χ3n) is 22.2. The van der Waals surface area contributed by atoms with Gasteiger partial charge in [-0.3, -0.25) is 4.98 Å². The van der Waals surface area contributed by atoms with Gasteiger partial charge in [-0.05, 0) is 164 Å². The highest BCUT2D eigenvalue weighted by molar-refractivity contribution is 7.26. The van der Waals surface area contributed by atoms with Crippen LogP contribution < -0.4 is 16.0 Å². The molecule has 0 saturated carbocycles. The Balaban J connectivity index is 0.000000109. The lowest BCUT2D eigenvalue weighted by molar-refractivity contribution is 0.662. The van der Waals surface area contributed by atoms with Crippen molar-refractivity contribution in [1.29, 1.82) is 0 Å². The Kier molecular flexibility index (Phi) is 16.3. The average molecular weight is 1450 g/mol. The number of anilines is 6. The second kappa shape index (κ2) is 27.2. The van der Waals surface area contributed by atoms with E-state index in [9.17, 15) is 0 Å². The Morgan fingerprint density at radius 3 is 1.44 bits per heavy atom. The fraction of sp³-hybridized carbons (Fsp3) is 0.0583. The number of para-hydroxylation sites is 4. The lowest BCUT2D eigenvalue weighted by Crippen LogP contribution is -2.16. The number of aromatic nitrogens is 1. The number of hydrogen-bond donors (Lipinski definition) is 3. The summed E-state index contributed by atoms with van der Waals surface area (Å²) in [7, 11) is 0. The second-order valence-corrected chi connectivity index (χ2v) is 31.1. The summed E-state index contributed by atoms with van der Waals surface area (Å²) in [4.78, 5) is 4.37. The summed E-state index contributed by atoms with van der Waals surface area (Å²) in [6.07, 6.45) is 8.20. The van der Waals surface area contributed by atoms with Gasteiger partial charge in [0.1, 0.15) is 33.5 Å². The molecule has 0 aliphatic heterocycles. The van der Waals surface area contributed by atoms with Crippen LogP contribution >= 0.6 is 11.3 Å².